The summed E-state index contributed by atoms with van der Waals surface area (Å²) in [5, 5.41) is 7.52. The number of carbonyl (C=O) groups excluding carboxylic acids is 1. The first-order chi connectivity index (χ1) is 15.0. The highest BCUT2D eigenvalue weighted by atomic mass is 35.5. The Morgan fingerprint density at radius 3 is 2.55 bits per heavy atom. The number of imidazole rings is 1. The maximum atomic E-state index is 13.5. The normalized spacial score (nSPS) is 15.5. The van der Waals surface area contributed by atoms with Gasteiger partial charge in [-0.3, -0.25) is 9.36 Å². The molecule has 4 aromatic rings. The molecule has 1 atom stereocenters. The summed E-state index contributed by atoms with van der Waals surface area (Å²) in [6, 6.07) is 22.1. The van der Waals surface area contributed by atoms with Crippen LogP contribution in [0.5, 0.6) is 0 Å². The van der Waals surface area contributed by atoms with Crippen molar-refractivity contribution in [1.82, 2.24) is 9.55 Å². The molecule has 0 aliphatic carbocycles. The zero-order valence-electron chi connectivity index (χ0n) is 16.6. The number of para-hydroxylation sites is 2. The molecule has 0 bridgehead atoms. The fraction of sp³-hybridized carbons (Fsp3) is 0.0833. The van der Waals surface area contributed by atoms with E-state index in [0.717, 1.165) is 22.3 Å². The number of rotatable bonds is 3. The number of hydrogen-bond donors (Lipinski definition) is 2. The number of amides is 1. The molecule has 31 heavy (non-hydrogen) atoms. The molecule has 0 spiro atoms. The van der Waals surface area contributed by atoms with Gasteiger partial charge in [-0.15, -0.1) is 0 Å². The summed E-state index contributed by atoms with van der Waals surface area (Å²) in [5.74, 6) is 0.479. The minimum Gasteiger partial charge on any atom is -0.329 e. The third-order valence-electron chi connectivity index (χ3n) is 5.34. The van der Waals surface area contributed by atoms with Crippen LogP contribution >= 0.6 is 23.2 Å². The number of anilines is 2. The van der Waals surface area contributed by atoms with Gasteiger partial charge in [0.2, 0.25) is 5.95 Å². The topological polar surface area (TPSA) is 59.0 Å². The molecule has 7 heteroatoms. The van der Waals surface area contributed by atoms with Crippen molar-refractivity contribution in [3.05, 3.63) is 99.7 Å². The van der Waals surface area contributed by atoms with Gasteiger partial charge in [-0.2, -0.15) is 0 Å². The highest BCUT2D eigenvalue weighted by molar-refractivity contribution is 6.31. The summed E-state index contributed by atoms with van der Waals surface area (Å²) < 4.78 is 2.05. The van der Waals surface area contributed by atoms with Crippen LogP contribution in [0.2, 0.25) is 10.0 Å². The van der Waals surface area contributed by atoms with Crippen LogP contribution in [0.4, 0.5) is 11.6 Å². The van der Waals surface area contributed by atoms with Crippen LogP contribution in [0.15, 0.2) is 84.1 Å². The number of hydrogen-bond acceptors (Lipinski definition) is 3. The third kappa shape index (κ3) is 3.56. The lowest BCUT2D eigenvalue weighted by molar-refractivity contribution is -0.113. The summed E-state index contributed by atoms with van der Waals surface area (Å²) in [7, 11) is 0. The lowest BCUT2D eigenvalue weighted by Crippen LogP contribution is -2.30. The summed E-state index contributed by atoms with van der Waals surface area (Å²) >= 11 is 12.3. The zero-order chi connectivity index (χ0) is 21.5. The third-order valence-corrected chi connectivity index (χ3v) is 5.83. The fourth-order valence-corrected chi connectivity index (χ4v) is 4.31. The highest BCUT2D eigenvalue weighted by Gasteiger charge is 2.34. The summed E-state index contributed by atoms with van der Waals surface area (Å²) in [6.07, 6.45) is 0. The van der Waals surface area contributed by atoms with E-state index >= 15 is 0 Å². The molecule has 154 valence electrons. The Labute approximate surface area is 189 Å². The van der Waals surface area contributed by atoms with Gasteiger partial charge in [0, 0.05) is 21.4 Å². The van der Waals surface area contributed by atoms with E-state index in [1.165, 1.54) is 0 Å². The Morgan fingerprint density at radius 1 is 1.00 bits per heavy atom. The molecule has 1 aliphatic heterocycles. The van der Waals surface area contributed by atoms with Gasteiger partial charge in [-0.25, -0.2) is 4.98 Å². The van der Waals surface area contributed by atoms with Crippen LogP contribution in [0, 0.1) is 0 Å². The molecule has 1 aromatic heterocycles. The van der Waals surface area contributed by atoms with Gasteiger partial charge in [0.15, 0.2) is 0 Å². The molecule has 5 rings (SSSR count). The minimum absolute atomic E-state index is 0.208. The molecule has 0 saturated carbocycles. The predicted octanol–water partition coefficient (Wildman–Crippen LogP) is 6.27. The van der Waals surface area contributed by atoms with E-state index in [9.17, 15) is 4.79 Å². The Morgan fingerprint density at radius 2 is 1.77 bits per heavy atom. The summed E-state index contributed by atoms with van der Waals surface area (Å²) in [5.41, 5.74) is 4.68. The van der Waals surface area contributed by atoms with E-state index in [2.05, 4.69) is 10.6 Å². The molecule has 1 amide bonds. The fourth-order valence-electron chi connectivity index (χ4n) is 3.98. The van der Waals surface area contributed by atoms with Gasteiger partial charge in [0.1, 0.15) is 0 Å². The van der Waals surface area contributed by atoms with Gasteiger partial charge >= 0.3 is 0 Å². The molecule has 0 unspecified atom stereocenters. The maximum Gasteiger partial charge on any atom is 0.255 e. The number of nitrogens with one attached hydrogen (secondary N) is 2. The van der Waals surface area contributed by atoms with Crippen molar-refractivity contribution < 1.29 is 4.79 Å². The zero-order valence-corrected chi connectivity index (χ0v) is 18.1. The summed E-state index contributed by atoms with van der Waals surface area (Å²) in [4.78, 5) is 18.2. The number of fused-ring (bicyclic) bond motifs is 3. The van der Waals surface area contributed by atoms with Crippen LogP contribution in [0.3, 0.4) is 0 Å². The van der Waals surface area contributed by atoms with Crippen molar-refractivity contribution in [3.8, 4) is 0 Å². The second-order valence-corrected chi connectivity index (χ2v) is 8.25. The lowest BCUT2D eigenvalue weighted by Gasteiger charge is -2.30. The van der Waals surface area contributed by atoms with Crippen LogP contribution in [0.1, 0.15) is 18.5 Å². The number of aromatic nitrogens is 2. The van der Waals surface area contributed by atoms with Crippen LogP contribution in [-0.4, -0.2) is 15.5 Å². The standard InChI is InChI=1S/C24H18Cl2N4O/c1-14-21(23(31)28-18-11-9-16(25)10-12-18)22(15-5-4-6-17(26)13-15)30-20-8-3-2-7-19(20)29-24(30)27-14/h2-13,22H,1H3,(H,27,29)(H,28,31)/t22-/m0/s1. The molecule has 2 N–H and O–H groups in total. The molecule has 1 aliphatic rings. The van der Waals surface area contributed by atoms with E-state index < -0.39 is 6.04 Å². The molecule has 5 nitrogen and oxygen atoms in total. The van der Waals surface area contributed by atoms with Crippen molar-refractivity contribution in [1.29, 1.82) is 0 Å². The number of carbonyl (C=O) groups is 1. The van der Waals surface area contributed by atoms with Crippen LogP contribution in [-0.2, 0) is 4.79 Å². The first kappa shape index (κ1) is 19.7. The Bertz CT molecular complexity index is 1340. The maximum absolute atomic E-state index is 13.5. The number of benzene rings is 3. The first-order valence-electron chi connectivity index (χ1n) is 9.78. The van der Waals surface area contributed by atoms with E-state index in [-0.39, 0.29) is 5.91 Å². The Balaban J connectivity index is 1.66. The minimum atomic E-state index is -0.394. The largest absolute Gasteiger partial charge is 0.329 e. The molecular weight excluding hydrogens is 431 g/mol. The van der Waals surface area contributed by atoms with Gasteiger partial charge in [0.05, 0.1) is 22.6 Å². The van der Waals surface area contributed by atoms with E-state index in [1.807, 2.05) is 60.0 Å². The van der Waals surface area contributed by atoms with Crippen molar-refractivity contribution in [3.63, 3.8) is 0 Å². The second kappa shape index (κ2) is 7.76. The molecule has 0 fully saturated rings. The van der Waals surface area contributed by atoms with Crippen LogP contribution < -0.4 is 10.6 Å². The second-order valence-electron chi connectivity index (χ2n) is 7.38. The number of nitrogens with zero attached hydrogens (tertiary/aromatic N) is 2. The molecule has 3 aromatic carbocycles. The van der Waals surface area contributed by atoms with Crippen molar-refractivity contribution >= 4 is 51.8 Å². The van der Waals surface area contributed by atoms with Crippen LogP contribution in [0.25, 0.3) is 11.0 Å². The van der Waals surface area contributed by atoms with Gasteiger partial charge in [0.25, 0.3) is 5.91 Å². The number of allylic oxidation sites excluding steroid dienone is 1. The number of halogens is 2. The molecule has 0 saturated heterocycles. The van der Waals surface area contributed by atoms with Crippen molar-refractivity contribution in [2.75, 3.05) is 10.6 Å². The average molecular weight is 449 g/mol. The van der Waals surface area contributed by atoms with Gasteiger partial charge in [-0.1, -0.05) is 47.5 Å². The van der Waals surface area contributed by atoms with E-state index in [0.29, 0.717) is 27.3 Å². The highest BCUT2D eigenvalue weighted by Crippen LogP contribution is 2.40. The average Bonchev–Trinajstić information content (AvgIpc) is 3.12. The lowest BCUT2D eigenvalue weighted by atomic mass is 9.94. The van der Waals surface area contributed by atoms with Gasteiger partial charge in [-0.05, 0) is 61.0 Å². The SMILES string of the molecule is CC1=C(C(=O)Nc2ccc(Cl)cc2)[C@H](c2cccc(Cl)c2)n2c(nc3ccccc32)N1. The quantitative estimate of drug-likeness (QED) is 0.388. The molecule has 0 radical (unpaired) electrons. The van der Waals surface area contributed by atoms with Crippen molar-refractivity contribution in [2.24, 2.45) is 0 Å². The van der Waals surface area contributed by atoms with Gasteiger partial charge < -0.3 is 10.6 Å². The first-order valence-corrected chi connectivity index (χ1v) is 10.5. The summed E-state index contributed by atoms with van der Waals surface area (Å²) in [6.45, 7) is 1.89. The Kier molecular flexibility index (Phi) is 4.93. The van der Waals surface area contributed by atoms with Crippen molar-refractivity contribution in [2.45, 2.75) is 13.0 Å². The van der Waals surface area contributed by atoms with E-state index in [4.69, 9.17) is 28.2 Å². The van der Waals surface area contributed by atoms with E-state index in [1.54, 1.807) is 24.3 Å². The smallest absolute Gasteiger partial charge is 0.255 e. The Hall–Kier alpha value is -3.28. The predicted molar refractivity (Wildman–Crippen MR) is 126 cm³/mol. The monoisotopic (exact) mass is 448 g/mol. The molecule has 2 heterocycles. The molecular formula is C24H18Cl2N4O.